The number of nitrogens with one attached hydrogen (secondary N) is 1. The quantitative estimate of drug-likeness (QED) is 0.610. The first-order chi connectivity index (χ1) is 11.2. The fourth-order valence-electron chi connectivity index (χ4n) is 2.52. The molecule has 0 fully saturated rings. The van der Waals surface area contributed by atoms with E-state index in [1.165, 1.54) is 12.4 Å². The van der Waals surface area contributed by atoms with Crippen molar-refractivity contribution in [2.45, 2.75) is 6.92 Å². The molecule has 0 atom stereocenters. The Labute approximate surface area is 130 Å². The summed E-state index contributed by atoms with van der Waals surface area (Å²) in [5, 5.41) is 0. The number of rotatable bonds is 2. The van der Waals surface area contributed by atoms with E-state index in [0.29, 0.717) is 17.3 Å². The molecule has 1 N–H and O–H groups in total. The van der Waals surface area contributed by atoms with Crippen molar-refractivity contribution in [3.63, 3.8) is 0 Å². The average Bonchev–Trinajstić information content (AvgIpc) is 2.91. The Hall–Kier alpha value is -3.35. The number of hydrogen-bond acceptors (Lipinski definition) is 5. The van der Waals surface area contributed by atoms with Gasteiger partial charge in [-0.2, -0.15) is 4.98 Å². The molecule has 112 valence electrons. The van der Waals surface area contributed by atoms with Gasteiger partial charge in [0.05, 0.1) is 11.0 Å². The summed E-state index contributed by atoms with van der Waals surface area (Å²) in [5.41, 5.74) is 2.24. The Morgan fingerprint density at radius 3 is 2.83 bits per heavy atom. The second kappa shape index (κ2) is 5.13. The Balaban J connectivity index is 1.91. The summed E-state index contributed by atoms with van der Waals surface area (Å²) in [6, 6.07) is 11.0. The molecule has 0 saturated carbocycles. The molecule has 1 aromatic carbocycles. The molecule has 3 aromatic heterocycles. The second-order valence-corrected chi connectivity index (χ2v) is 5.03. The first-order valence-electron chi connectivity index (χ1n) is 7.05. The lowest BCUT2D eigenvalue weighted by molar-refractivity contribution is 0.883. The van der Waals surface area contributed by atoms with Gasteiger partial charge in [0.25, 0.3) is 0 Å². The van der Waals surface area contributed by atoms with Gasteiger partial charge >= 0.3 is 0 Å². The molecule has 0 aliphatic carbocycles. The fourth-order valence-corrected chi connectivity index (χ4v) is 2.52. The largest absolute Gasteiger partial charge is 0.329 e. The number of nitrogens with zero attached hydrogens (tertiary/aromatic N) is 5. The lowest BCUT2D eigenvalue weighted by Gasteiger charge is -2.06. The SMILES string of the molecule is Cc1nc2ccccc2n1-c1ncnc(-c2cc[nH]c(=O)c2)n1. The molecule has 0 radical (unpaired) electrons. The van der Waals surface area contributed by atoms with Gasteiger partial charge in [-0.25, -0.2) is 15.0 Å². The molecule has 0 unspecified atom stereocenters. The van der Waals surface area contributed by atoms with Gasteiger partial charge in [0.15, 0.2) is 5.82 Å². The van der Waals surface area contributed by atoms with E-state index >= 15 is 0 Å². The monoisotopic (exact) mass is 304 g/mol. The van der Waals surface area contributed by atoms with Gasteiger partial charge in [0.1, 0.15) is 12.2 Å². The van der Waals surface area contributed by atoms with Crippen molar-refractivity contribution in [3.05, 3.63) is 65.1 Å². The number of fused-ring (bicyclic) bond motifs is 1. The van der Waals surface area contributed by atoms with Crippen LogP contribution in [0.1, 0.15) is 5.82 Å². The van der Waals surface area contributed by atoms with E-state index in [9.17, 15) is 4.79 Å². The minimum absolute atomic E-state index is 0.200. The molecule has 4 aromatic rings. The van der Waals surface area contributed by atoms with Crippen LogP contribution in [0, 0.1) is 6.92 Å². The Kier molecular flexibility index (Phi) is 2.97. The molecule has 4 rings (SSSR count). The van der Waals surface area contributed by atoms with Crippen LogP contribution in [0.25, 0.3) is 28.4 Å². The number of hydrogen-bond donors (Lipinski definition) is 1. The van der Waals surface area contributed by atoms with E-state index in [0.717, 1.165) is 16.9 Å². The van der Waals surface area contributed by atoms with Crippen molar-refractivity contribution < 1.29 is 0 Å². The van der Waals surface area contributed by atoms with Crippen molar-refractivity contribution >= 4 is 11.0 Å². The molecule has 0 aliphatic rings. The molecular weight excluding hydrogens is 292 g/mol. The third kappa shape index (κ3) is 2.28. The zero-order valence-electron chi connectivity index (χ0n) is 12.3. The van der Waals surface area contributed by atoms with E-state index in [1.807, 2.05) is 35.8 Å². The maximum atomic E-state index is 11.5. The Bertz CT molecular complexity index is 1070. The average molecular weight is 304 g/mol. The van der Waals surface area contributed by atoms with Crippen LogP contribution >= 0.6 is 0 Å². The number of para-hydroxylation sites is 2. The van der Waals surface area contributed by atoms with E-state index < -0.39 is 0 Å². The van der Waals surface area contributed by atoms with E-state index in [4.69, 9.17) is 0 Å². The number of imidazole rings is 1. The van der Waals surface area contributed by atoms with Crippen LogP contribution < -0.4 is 5.56 Å². The van der Waals surface area contributed by atoms with Crippen LogP contribution in [0.4, 0.5) is 0 Å². The van der Waals surface area contributed by atoms with E-state index in [1.54, 1.807) is 12.3 Å². The summed E-state index contributed by atoms with van der Waals surface area (Å²) >= 11 is 0. The normalized spacial score (nSPS) is 11.0. The summed E-state index contributed by atoms with van der Waals surface area (Å²) in [4.78, 5) is 31.5. The topological polar surface area (TPSA) is 89.4 Å². The highest BCUT2D eigenvalue weighted by Gasteiger charge is 2.12. The molecule has 7 heteroatoms. The molecule has 0 amide bonds. The van der Waals surface area contributed by atoms with Gasteiger partial charge < -0.3 is 4.98 Å². The zero-order valence-corrected chi connectivity index (χ0v) is 12.3. The highest BCUT2D eigenvalue weighted by Crippen LogP contribution is 2.20. The molecule has 3 heterocycles. The van der Waals surface area contributed by atoms with Crippen molar-refractivity contribution in [1.82, 2.24) is 29.5 Å². The summed E-state index contributed by atoms with van der Waals surface area (Å²) in [7, 11) is 0. The molecular formula is C16H12N6O. The standard InChI is InChI=1S/C16H12N6O/c1-10-20-12-4-2-3-5-13(12)22(10)16-19-9-18-15(21-16)11-6-7-17-14(23)8-11/h2-9H,1H3,(H,17,23). The molecule has 0 bridgehead atoms. The zero-order chi connectivity index (χ0) is 15.8. The summed E-state index contributed by atoms with van der Waals surface area (Å²) < 4.78 is 1.87. The summed E-state index contributed by atoms with van der Waals surface area (Å²) in [5.74, 6) is 1.70. The second-order valence-electron chi connectivity index (χ2n) is 5.03. The molecule has 0 aliphatic heterocycles. The minimum Gasteiger partial charge on any atom is -0.329 e. The summed E-state index contributed by atoms with van der Waals surface area (Å²) in [6.07, 6.45) is 3.01. The third-order valence-corrected chi connectivity index (χ3v) is 3.52. The lowest BCUT2D eigenvalue weighted by atomic mass is 10.2. The number of aromatic nitrogens is 6. The van der Waals surface area contributed by atoms with Crippen molar-refractivity contribution in [3.8, 4) is 17.3 Å². The molecule has 0 spiro atoms. The molecule has 23 heavy (non-hydrogen) atoms. The molecule has 0 saturated heterocycles. The van der Waals surface area contributed by atoms with Gasteiger partial charge in [0, 0.05) is 17.8 Å². The summed E-state index contributed by atoms with van der Waals surface area (Å²) in [6.45, 7) is 1.90. The predicted molar refractivity (Wildman–Crippen MR) is 85.2 cm³/mol. The minimum atomic E-state index is -0.200. The van der Waals surface area contributed by atoms with Gasteiger partial charge in [-0.15, -0.1) is 0 Å². The van der Waals surface area contributed by atoms with Gasteiger partial charge in [0.2, 0.25) is 11.5 Å². The van der Waals surface area contributed by atoms with Crippen molar-refractivity contribution in [2.24, 2.45) is 0 Å². The lowest BCUT2D eigenvalue weighted by Crippen LogP contribution is -2.07. The number of aromatic amines is 1. The van der Waals surface area contributed by atoms with Crippen LogP contribution in [0.2, 0.25) is 0 Å². The number of aryl methyl sites for hydroxylation is 1. The van der Waals surface area contributed by atoms with Crippen molar-refractivity contribution in [1.29, 1.82) is 0 Å². The highest BCUT2D eigenvalue weighted by atomic mass is 16.1. The van der Waals surface area contributed by atoms with Gasteiger partial charge in [-0.3, -0.25) is 9.36 Å². The van der Waals surface area contributed by atoms with Crippen LogP contribution in [0.15, 0.2) is 53.7 Å². The number of pyridine rings is 1. The first kappa shape index (κ1) is 13.3. The maximum absolute atomic E-state index is 11.5. The van der Waals surface area contributed by atoms with Crippen LogP contribution in [-0.4, -0.2) is 29.5 Å². The number of H-pyrrole nitrogens is 1. The van der Waals surface area contributed by atoms with E-state index in [2.05, 4.69) is 24.9 Å². The Morgan fingerprint density at radius 2 is 1.96 bits per heavy atom. The van der Waals surface area contributed by atoms with Crippen LogP contribution in [0.3, 0.4) is 0 Å². The maximum Gasteiger partial charge on any atom is 0.248 e. The molecule has 7 nitrogen and oxygen atoms in total. The first-order valence-corrected chi connectivity index (χ1v) is 7.05. The third-order valence-electron chi connectivity index (χ3n) is 3.52. The van der Waals surface area contributed by atoms with Gasteiger partial charge in [-0.1, -0.05) is 12.1 Å². The van der Waals surface area contributed by atoms with Crippen LogP contribution in [-0.2, 0) is 0 Å². The van der Waals surface area contributed by atoms with Gasteiger partial charge in [-0.05, 0) is 25.1 Å². The predicted octanol–water partition coefficient (Wildman–Crippen LogP) is 1.87. The smallest absolute Gasteiger partial charge is 0.248 e. The van der Waals surface area contributed by atoms with Crippen LogP contribution in [0.5, 0.6) is 0 Å². The highest BCUT2D eigenvalue weighted by molar-refractivity contribution is 5.77. The van der Waals surface area contributed by atoms with E-state index in [-0.39, 0.29) is 5.56 Å². The Morgan fingerprint density at radius 1 is 1.09 bits per heavy atom. The number of benzene rings is 1. The fraction of sp³-hybridized carbons (Fsp3) is 0.0625. The van der Waals surface area contributed by atoms with Crippen molar-refractivity contribution in [2.75, 3.05) is 0 Å².